The Hall–Kier alpha value is -2.55. The number of aromatic nitrogens is 2. The van der Waals surface area contributed by atoms with Gasteiger partial charge in [0, 0.05) is 18.1 Å². The Balaban J connectivity index is 2.00. The zero-order valence-corrected chi connectivity index (χ0v) is 10.7. The topological polar surface area (TPSA) is 29.9 Å². The predicted octanol–water partition coefficient (Wildman–Crippen LogP) is 3.92. The summed E-state index contributed by atoms with van der Waals surface area (Å²) in [6.45, 7) is 2.10. The number of nitrogens with zero attached hydrogens (tertiary/aromatic N) is 2. The molecule has 0 bridgehead atoms. The fourth-order valence-corrected chi connectivity index (χ4v) is 2.06. The first-order valence-corrected chi connectivity index (χ1v) is 6.24. The largest absolute Gasteiger partial charge is 0.354 e. The zero-order chi connectivity index (χ0) is 13.1. The number of hydrogen-bond acceptors (Lipinski definition) is 2. The van der Waals surface area contributed by atoms with Gasteiger partial charge in [0.15, 0.2) is 0 Å². The zero-order valence-electron chi connectivity index (χ0n) is 10.7. The first-order chi connectivity index (χ1) is 9.34. The standard InChI is InChI=1S/C16H15N3/c1-13-6-2-3-7-14(13)18-15-8-4-5-9-16(15)19-11-10-17-12-19/h2-12,18H,1H3. The van der Waals surface area contributed by atoms with Crippen LogP contribution in [-0.2, 0) is 0 Å². The van der Waals surface area contributed by atoms with Crippen molar-refractivity contribution >= 4 is 11.4 Å². The minimum Gasteiger partial charge on any atom is -0.354 e. The second-order valence-electron chi connectivity index (χ2n) is 4.43. The molecule has 1 aromatic heterocycles. The quantitative estimate of drug-likeness (QED) is 0.762. The molecule has 0 atom stereocenters. The Labute approximate surface area is 112 Å². The van der Waals surface area contributed by atoms with Gasteiger partial charge in [-0.3, -0.25) is 0 Å². The molecular weight excluding hydrogens is 234 g/mol. The molecule has 0 aliphatic rings. The van der Waals surface area contributed by atoms with Crippen LogP contribution >= 0.6 is 0 Å². The van der Waals surface area contributed by atoms with Gasteiger partial charge in [0.05, 0.1) is 17.7 Å². The van der Waals surface area contributed by atoms with E-state index in [1.165, 1.54) is 5.56 Å². The molecule has 0 unspecified atom stereocenters. The summed E-state index contributed by atoms with van der Waals surface area (Å²) < 4.78 is 2.00. The van der Waals surface area contributed by atoms with Crippen LogP contribution in [0.25, 0.3) is 5.69 Å². The lowest BCUT2D eigenvalue weighted by Crippen LogP contribution is -1.99. The van der Waals surface area contributed by atoms with E-state index in [-0.39, 0.29) is 0 Å². The number of aryl methyl sites for hydroxylation is 1. The molecule has 0 aliphatic carbocycles. The molecule has 0 spiro atoms. The minimum atomic E-state index is 1.06. The van der Waals surface area contributed by atoms with Crippen LogP contribution in [0.5, 0.6) is 0 Å². The van der Waals surface area contributed by atoms with Crippen molar-refractivity contribution in [2.45, 2.75) is 6.92 Å². The molecule has 0 saturated heterocycles. The van der Waals surface area contributed by atoms with Gasteiger partial charge in [-0.25, -0.2) is 4.98 Å². The van der Waals surface area contributed by atoms with Gasteiger partial charge < -0.3 is 9.88 Å². The van der Waals surface area contributed by atoms with Crippen LogP contribution in [0.3, 0.4) is 0 Å². The van der Waals surface area contributed by atoms with Gasteiger partial charge in [-0.1, -0.05) is 30.3 Å². The van der Waals surface area contributed by atoms with E-state index in [1.807, 2.05) is 35.0 Å². The number of hydrogen-bond donors (Lipinski definition) is 1. The molecule has 3 nitrogen and oxygen atoms in total. The Morgan fingerprint density at radius 3 is 2.42 bits per heavy atom. The molecule has 0 fully saturated rings. The lowest BCUT2D eigenvalue weighted by molar-refractivity contribution is 1.06. The summed E-state index contributed by atoms with van der Waals surface area (Å²) in [6.07, 6.45) is 5.53. The lowest BCUT2D eigenvalue weighted by Gasteiger charge is -2.14. The van der Waals surface area contributed by atoms with Crippen LogP contribution in [0.15, 0.2) is 67.3 Å². The molecular formula is C16H15N3. The highest BCUT2D eigenvalue weighted by atomic mass is 15.1. The Bertz CT molecular complexity index is 672. The van der Waals surface area contributed by atoms with Crippen LogP contribution in [-0.4, -0.2) is 9.55 Å². The molecule has 0 amide bonds. The Morgan fingerprint density at radius 1 is 0.947 bits per heavy atom. The van der Waals surface area contributed by atoms with Crippen LogP contribution in [0.4, 0.5) is 11.4 Å². The molecule has 3 aromatic rings. The van der Waals surface area contributed by atoms with Gasteiger partial charge in [0.2, 0.25) is 0 Å². The van der Waals surface area contributed by atoms with E-state index < -0.39 is 0 Å². The van der Waals surface area contributed by atoms with Gasteiger partial charge in [0.25, 0.3) is 0 Å². The van der Waals surface area contributed by atoms with Crippen molar-refractivity contribution in [1.29, 1.82) is 0 Å². The number of rotatable bonds is 3. The van der Waals surface area contributed by atoms with Crippen molar-refractivity contribution in [2.75, 3.05) is 5.32 Å². The van der Waals surface area contributed by atoms with Crippen molar-refractivity contribution in [3.63, 3.8) is 0 Å². The summed E-state index contributed by atoms with van der Waals surface area (Å²) in [5, 5.41) is 3.48. The third kappa shape index (κ3) is 2.36. The van der Waals surface area contributed by atoms with Crippen LogP contribution in [0, 0.1) is 6.92 Å². The molecule has 1 N–H and O–H groups in total. The molecule has 1 heterocycles. The molecule has 19 heavy (non-hydrogen) atoms. The number of imidazole rings is 1. The highest BCUT2D eigenvalue weighted by Gasteiger charge is 2.04. The average Bonchev–Trinajstić information content (AvgIpc) is 2.96. The SMILES string of the molecule is Cc1ccccc1Nc1ccccc1-n1ccnc1. The first-order valence-electron chi connectivity index (χ1n) is 6.24. The summed E-state index contributed by atoms with van der Waals surface area (Å²) in [5.74, 6) is 0. The average molecular weight is 249 g/mol. The summed E-state index contributed by atoms with van der Waals surface area (Å²) in [4.78, 5) is 4.10. The summed E-state index contributed by atoms with van der Waals surface area (Å²) in [5.41, 5.74) is 4.50. The number of nitrogens with one attached hydrogen (secondary N) is 1. The number of benzene rings is 2. The van der Waals surface area contributed by atoms with E-state index in [2.05, 4.69) is 41.5 Å². The maximum atomic E-state index is 4.10. The van der Waals surface area contributed by atoms with E-state index in [1.54, 1.807) is 12.5 Å². The van der Waals surface area contributed by atoms with Gasteiger partial charge in [-0.05, 0) is 30.7 Å². The minimum absolute atomic E-state index is 1.06. The number of anilines is 2. The van der Waals surface area contributed by atoms with Crippen molar-refractivity contribution < 1.29 is 0 Å². The second kappa shape index (κ2) is 4.98. The summed E-state index contributed by atoms with van der Waals surface area (Å²) >= 11 is 0. The normalized spacial score (nSPS) is 10.4. The van der Waals surface area contributed by atoms with Crippen LogP contribution < -0.4 is 5.32 Å². The predicted molar refractivity (Wildman–Crippen MR) is 78.0 cm³/mol. The maximum absolute atomic E-state index is 4.10. The highest BCUT2D eigenvalue weighted by Crippen LogP contribution is 2.25. The van der Waals surface area contributed by atoms with E-state index in [0.29, 0.717) is 0 Å². The van der Waals surface area contributed by atoms with Gasteiger partial charge in [0.1, 0.15) is 0 Å². The molecule has 3 rings (SSSR count). The summed E-state index contributed by atoms with van der Waals surface area (Å²) in [6, 6.07) is 16.5. The Kier molecular flexibility index (Phi) is 3.02. The van der Waals surface area contributed by atoms with Crippen molar-refractivity contribution in [2.24, 2.45) is 0 Å². The Morgan fingerprint density at radius 2 is 1.68 bits per heavy atom. The highest BCUT2D eigenvalue weighted by molar-refractivity contribution is 5.70. The molecule has 3 heteroatoms. The van der Waals surface area contributed by atoms with Crippen molar-refractivity contribution in [1.82, 2.24) is 9.55 Å². The van der Waals surface area contributed by atoms with Crippen LogP contribution in [0.2, 0.25) is 0 Å². The number of para-hydroxylation sites is 3. The first kappa shape index (κ1) is 11.5. The monoisotopic (exact) mass is 249 g/mol. The van der Waals surface area contributed by atoms with Gasteiger partial charge in [-0.15, -0.1) is 0 Å². The molecule has 0 saturated carbocycles. The fourth-order valence-electron chi connectivity index (χ4n) is 2.06. The van der Waals surface area contributed by atoms with E-state index in [9.17, 15) is 0 Å². The molecule has 2 aromatic carbocycles. The second-order valence-corrected chi connectivity index (χ2v) is 4.43. The molecule has 0 radical (unpaired) electrons. The van der Waals surface area contributed by atoms with Gasteiger partial charge >= 0.3 is 0 Å². The van der Waals surface area contributed by atoms with Crippen LogP contribution in [0.1, 0.15) is 5.56 Å². The third-order valence-corrected chi connectivity index (χ3v) is 3.10. The lowest BCUT2D eigenvalue weighted by atomic mass is 10.2. The smallest absolute Gasteiger partial charge is 0.0992 e. The molecule has 0 aliphatic heterocycles. The van der Waals surface area contributed by atoms with Crippen molar-refractivity contribution in [3.8, 4) is 5.69 Å². The van der Waals surface area contributed by atoms with E-state index in [4.69, 9.17) is 0 Å². The van der Waals surface area contributed by atoms with E-state index in [0.717, 1.165) is 17.1 Å². The fraction of sp³-hybridized carbons (Fsp3) is 0.0625. The summed E-state index contributed by atoms with van der Waals surface area (Å²) in [7, 11) is 0. The van der Waals surface area contributed by atoms with E-state index >= 15 is 0 Å². The molecule has 94 valence electrons. The third-order valence-electron chi connectivity index (χ3n) is 3.10. The van der Waals surface area contributed by atoms with Gasteiger partial charge in [-0.2, -0.15) is 0 Å². The van der Waals surface area contributed by atoms with Crippen molar-refractivity contribution in [3.05, 3.63) is 72.8 Å². The maximum Gasteiger partial charge on any atom is 0.0992 e.